The molecule has 1 fully saturated rings. The number of carbonyl (C=O) groups is 2. The molecule has 1 aromatic rings. The molecule has 5 heteroatoms. The van der Waals surface area contributed by atoms with Gasteiger partial charge in [0.2, 0.25) is 0 Å². The number of nitrogen functional groups attached to an aromatic ring is 1. The van der Waals surface area contributed by atoms with Crippen LogP contribution >= 0.6 is 0 Å². The molecule has 0 saturated carbocycles. The molecule has 0 aliphatic carbocycles. The second-order valence-corrected chi connectivity index (χ2v) is 5.47. The maximum absolute atomic E-state index is 12.5. The van der Waals surface area contributed by atoms with E-state index in [1.165, 1.54) is 4.90 Å². The topological polar surface area (TPSA) is 83.6 Å². The third kappa shape index (κ3) is 2.61. The first-order valence-electron chi connectivity index (χ1n) is 6.81. The van der Waals surface area contributed by atoms with Crippen molar-refractivity contribution in [2.24, 2.45) is 5.92 Å². The van der Waals surface area contributed by atoms with Crippen LogP contribution in [0.25, 0.3) is 0 Å². The fourth-order valence-corrected chi connectivity index (χ4v) is 2.77. The summed E-state index contributed by atoms with van der Waals surface area (Å²) < 4.78 is 0. The predicted molar refractivity (Wildman–Crippen MR) is 76.4 cm³/mol. The zero-order chi connectivity index (χ0) is 14.9. The molecule has 108 valence electrons. The van der Waals surface area contributed by atoms with E-state index in [-0.39, 0.29) is 11.8 Å². The summed E-state index contributed by atoms with van der Waals surface area (Å²) in [4.78, 5) is 25.4. The normalized spacial score (nSPS) is 22.6. The quantitative estimate of drug-likeness (QED) is 0.808. The number of hydrogen-bond acceptors (Lipinski definition) is 3. The number of rotatable bonds is 2. The molecule has 1 aliphatic heterocycles. The Morgan fingerprint density at radius 1 is 1.40 bits per heavy atom. The molecule has 1 saturated heterocycles. The van der Waals surface area contributed by atoms with Crippen molar-refractivity contribution in [1.29, 1.82) is 0 Å². The van der Waals surface area contributed by atoms with Gasteiger partial charge in [0.1, 0.15) is 6.04 Å². The summed E-state index contributed by atoms with van der Waals surface area (Å²) in [5, 5.41) is 9.36. The molecule has 0 spiro atoms. The zero-order valence-corrected chi connectivity index (χ0v) is 11.8. The average Bonchev–Trinajstić information content (AvgIpc) is 2.40. The highest BCUT2D eigenvalue weighted by Gasteiger charge is 2.37. The summed E-state index contributed by atoms with van der Waals surface area (Å²) in [6, 6.07) is 4.32. The van der Waals surface area contributed by atoms with Gasteiger partial charge in [0.15, 0.2) is 0 Å². The predicted octanol–water partition coefficient (Wildman–Crippen LogP) is 1.90. The van der Waals surface area contributed by atoms with Gasteiger partial charge in [0, 0.05) is 17.8 Å². The molecule has 0 radical (unpaired) electrons. The number of nitrogens with two attached hydrogens (primary N) is 1. The number of carboxylic acids is 1. The van der Waals surface area contributed by atoms with Gasteiger partial charge in [-0.1, -0.05) is 6.92 Å². The van der Waals surface area contributed by atoms with Crippen LogP contribution in [0.1, 0.15) is 35.7 Å². The van der Waals surface area contributed by atoms with Gasteiger partial charge in [0.25, 0.3) is 5.91 Å². The first-order valence-corrected chi connectivity index (χ1v) is 6.81. The van der Waals surface area contributed by atoms with Crippen LogP contribution in [0, 0.1) is 12.8 Å². The highest BCUT2D eigenvalue weighted by Crippen LogP contribution is 2.26. The van der Waals surface area contributed by atoms with Gasteiger partial charge < -0.3 is 15.7 Å². The number of anilines is 1. The summed E-state index contributed by atoms with van der Waals surface area (Å²) in [5.74, 6) is -1.19. The molecule has 1 aliphatic rings. The maximum atomic E-state index is 12.5. The number of benzene rings is 1. The standard InChI is InChI=1S/C15H20N2O3/c1-9-4-3-7-17(13(9)15(19)20)14(18)11-5-6-12(16)10(2)8-11/h5-6,8-9,13H,3-4,7,16H2,1-2H3,(H,19,20). The molecule has 2 rings (SSSR count). The molecule has 20 heavy (non-hydrogen) atoms. The molecule has 0 aromatic heterocycles. The van der Waals surface area contributed by atoms with Gasteiger partial charge >= 0.3 is 5.97 Å². The van der Waals surface area contributed by atoms with Crippen molar-refractivity contribution in [2.45, 2.75) is 32.7 Å². The van der Waals surface area contributed by atoms with Crippen molar-refractivity contribution in [3.05, 3.63) is 29.3 Å². The van der Waals surface area contributed by atoms with Crippen LogP contribution in [0.5, 0.6) is 0 Å². The smallest absolute Gasteiger partial charge is 0.326 e. The number of aryl methyl sites for hydroxylation is 1. The van der Waals surface area contributed by atoms with Crippen LogP contribution in [0.4, 0.5) is 5.69 Å². The highest BCUT2D eigenvalue weighted by atomic mass is 16.4. The summed E-state index contributed by atoms with van der Waals surface area (Å²) in [5.41, 5.74) is 7.70. The molecule has 1 aromatic carbocycles. The molecular weight excluding hydrogens is 256 g/mol. The second kappa shape index (κ2) is 5.53. The van der Waals surface area contributed by atoms with E-state index < -0.39 is 12.0 Å². The number of hydrogen-bond donors (Lipinski definition) is 2. The number of nitrogens with zero attached hydrogens (tertiary/aromatic N) is 1. The van der Waals surface area contributed by atoms with Crippen LogP contribution in [-0.2, 0) is 4.79 Å². The number of aliphatic carboxylic acids is 1. The van der Waals surface area contributed by atoms with E-state index >= 15 is 0 Å². The first kappa shape index (κ1) is 14.4. The molecule has 2 atom stereocenters. The minimum atomic E-state index is -0.933. The van der Waals surface area contributed by atoms with E-state index in [0.717, 1.165) is 18.4 Å². The Balaban J connectivity index is 2.30. The minimum Gasteiger partial charge on any atom is -0.480 e. The van der Waals surface area contributed by atoms with Gasteiger partial charge in [0.05, 0.1) is 0 Å². The van der Waals surface area contributed by atoms with Crippen molar-refractivity contribution in [3.63, 3.8) is 0 Å². The van der Waals surface area contributed by atoms with E-state index in [9.17, 15) is 14.7 Å². The number of likely N-dealkylation sites (tertiary alicyclic amines) is 1. The molecule has 1 heterocycles. The fraction of sp³-hybridized carbons (Fsp3) is 0.467. The Morgan fingerprint density at radius 3 is 2.70 bits per heavy atom. The fourth-order valence-electron chi connectivity index (χ4n) is 2.77. The van der Waals surface area contributed by atoms with Gasteiger partial charge in [-0.05, 0) is 49.4 Å². The lowest BCUT2D eigenvalue weighted by molar-refractivity contribution is -0.145. The van der Waals surface area contributed by atoms with Gasteiger partial charge in [-0.3, -0.25) is 4.79 Å². The SMILES string of the molecule is Cc1cc(C(=O)N2CCCC(C)C2C(=O)O)ccc1N. The Morgan fingerprint density at radius 2 is 2.10 bits per heavy atom. The van der Waals surface area contributed by atoms with Crippen molar-refractivity contribution in [1.82, 2.24) is 4.90 Å². The molecule has 2 unspecified atom stereocenters. The number of piperidine rings is 1. The van der Waals surface area contributed by atoms with E-state index in [4.69, 9.17) is 5.73 Å². The third-order valence-corrected chi connectivity index (χ3v) is 3.96. The van der Waals surface area contributed by atoms with E-state index in [1.54, 1.807) is 18.2 Å². The summed E-state index contributed by atoms with van der Waals surface area (Å²) in [6.45, 7) is 4.20. The Bertz CT molecular complexity index is 542. The largest absolute Gasteiger partial charge is 0.480 e. The van der Waals surface area contributed by atoms with Gasteiger partial charge in [-0.15, -0.1) is 0 Å². The van der Waals surface area contributed by atoms with Crippen molar-refractivity contribution in [3.8, 4) is 0 Å². The van der Waals surface area contributed by atoms with Crippen LogP contribution in [0.2, 0.25) is 0 Å². The summed E-state index contributed by atoms with van der Waals surface area (Å²) in [6.07, 6.45) is 1.67. The monoisotopic (exact) mass is 276 g/mol. The summed E-state index contributed by atoms with van der Waals surface area (Å²) >= 11 is 0. The molecule has 3 N–H and O–H groups in total. The molecular formula is C15H20N2O3. The maximum Gasteiger partial charge on any atom is 0.326 e. The first-order chi connectivity index (χ1) is 9.41. The van der Waals surface area contributed by atoms with Gasteiger partial charge in [-0.2, -0.15) is 0 Å². The average molecular weight is 276 g/mol. The lowest BCUT2D eigenvalue weighted by atomic mass is 9.90. The number of carbonyl (C=O) groups excluding carboxylic acids is 1. The zero-order valence-electron chi connectivity index (χ0n) is 11.8. The van der Waals surface area contributed by atoms with Crippen LogP contribution in [-0.4, -0.2) is 34.5 Å². The molecule has 1 amide bonds. The Hall–Kier alpha value is -2.04. The minimum absolute atomic E-state index is 0.0277. The summed E-state index contributed by atoms with van der Waals surface area (Å²) in [7, 11) is 0. The van der Waals surface area contributed by atoms with E-state index in [2.05, 4.69) is 0 Å². The Labute approximate surface area is 118 Å². The van der Waals surface area contributed by atoms with Crippen LogP contribution in [0.15, 0.2) is 18.2 Å². The van der Waals surface area contributed by atoms with Gasteiger partial charge in [-0.25, -0.2) is 4.79 Å². The van der Waals surface area contributed by atoms with Crippen LogP contribution < -0.4 is 5.73 Å². The lowest BCUT2D eigenvalue weighted by Gasteiger charge is -2.37. The molecule has 5 nitrogen and oxygen atoms in total. The van der Waals surface area contributed by atoms with E-state index in [1.807, 2.05) is 13.8 Å². The number of carboxylic acid groups (broad SMARTS) is 1. The third-order valence-electron chi connectivity index (χ3n) is 3.96. The van der Waals surface area contributed by atoms with Crippen molar-refractivity contribution in [2.75, 3.05) is 12.3 Å². The number of amides is 1. The van der Waals surface area contributed by atoms with Crippen molar-refractivity contribution < 1.29 is 14.7 Å². The van der Waals surface area contributed by atoms with Crippen LogP contribution in [0.3, 0.4) is 0 Å². The van der Waals surface area contributed by atoms with E-state index in [0.29, 0.717) is 17.8 Å². The second-order valence-electron chi connectivity index (χ2n) is 5.47. The Kier molecular flexibility index (Phi) is 3.97. The highest BCUT2D eigenvalue weighted by molar-refractivity contribution is 5.97. The lowest BCUT2D eigenvalue weighted by Crippen LogP contribution is -2.51. The molecule has 0 bridgehead atoms. The van der Waals surface area contributed by atoms with Crippen molar-refractivity contribution >= 4 is 17.6 Å².